The van der Waals surface area contributed by atoms with Gasteiger partial charge in [-0.3, -0.25) is 9.59 Å². The van der Waals surface area contributed by atoms with Crippen LogP contribution in [0.25, 0.3) is 0 Å². The Kier molecular flexibility index (Phi) is 8.41. The summed E-state index contributed by atoms with van der Waals surface area (Å²) >= 11 is 0. The number of amides is 3. The van der Waals surface area contributed by atoms with Crippen molar-refractivity contribution in [2.75, 3.05) is 18.4 Å². The number of aryl methyl sites for hydroxylation is 2. The highest BCUT2D eigenvalue weighted by Crippen LogP contribution is 2.25. The molecule has 0 saturated heterocycles. The minimum atomic E-state index is -0.854. The Labute approximate surface area is 190 Å². The molecular weight excluding hydrogens is 406 g/mol. The number of anilines is 1. The molecule has 2 aromatic carbocycles. The number of likely N-dealkylation sites (N-methyl/N-ethyl adjacent to an activating group) is 1. The topological polar surface area (TPSA) is 87.7 Å². The van der Waals surface area contributed by atoms with Crippen LogP contribution in [0.1, 0.15) is 50.4 Å². The number of benzene rings is 2. The Balaban J connectivity index is 2.28. The molecule has 7 heteroatoms. The summed E-state index contributed by atoms with van der Waals surface area (Å²) in [7, 11) is 0. The van der Waals surface area contributed by atoms with Crippen LogP contribution < -0.4 is 10.6 Å². The smallest absolute Gasteiger partial charge is 0.408 e. The Morgan fingerprint density at radius 2 is 1.72 bits per heavy atom. The number of hydrogen-bond donors (Lipinski definition) is 2. The minimum absolute atomic E-state index is 0.275. The summed E-state index contributed by atoms with van der Waals surface area (Å²) < 4.78 is 5.20. The van der Waals surface area contributed by atoms with Gasteiger partial charge in [0, 0.05) is 12.2 Å². The molecule has 1 atom stereocenters. The van der Waals surface area contributed by atoms with Crippen molar-refractivity contribution in [1.29, 1.82) is 0 Å². The number of para-hydroxylation sites is 1. The van der Waals surface area contributed by atoms with E-state index in [1.807, 2.05) is 62.4 Å². The second kappa shape index (κ2) is 10.8. The van der Waals surface area contributed by atoms with E-state index in [2.05, 4.69) is 10.6 Å². The van der Waals surface area contributed by atoms with E-state index in [4.69, 9.17) is 4.74 Å². The van der Waals surface area contributed by atoms with Gasteiger partial charge in [-0.1, -0.05) is 48.0 Å². The number of hydrogen-bond acceptors (Lipinski definition) is 4. The fourth-order valence-electron chi connectivity index (χ4n) is 3.29. The van der Waals surface area contributed by atoms with Gasteiger partial charge in [-0.25, -0.2) is 4.79 Å². The first-order chi connectivity index (χ1) is 15.0. The van der Waals surface area contributed by atoms with Gasteiger partial charge in [0.05, 0.1) is 0 Å². The van der Waals surface area contributed by atoms with Gasteiger partial charge in [0.15, 0.2) is 0 Å². The lowest BCUT2D eigenvalue weighted by atomic mass is 10.0. The van der Waals surface area contributed by atoms with Crippen molar-refractivity contribution in [3.63, 3.8) is 0 Å². The summed E-state index contributed by atoms with van der Waals surface area (Å²) in [4.78, 5) is 39.9. The predicted molar refractivity (Wildman–Crippen MR) is 125 cm³/mol. The highest BCUT2D eigenvalue weighted by atomic mass is 16.6. The summed E-state index contributed by atoms with van der Waals surface area (Å²) in [6.45, 7) is 10.9. The van der Waals surface area contributed by atoms with Crippen LogP contribution in [0.4, 0.5) is 10.5 Å². The molecule has 0 spiro atoms. The van der Waals surface area contributed by atoms with E-state index in [9.17, 15) is 14.4 Å². The second-order valence-corrected chi connectivity index (χ2v) is 8.66. The van der Waals surface area contributed by atoms with Crippen LogP contribution in [0, 0.1) is 13.8 Å². The van der Waals surface area contributed by atoms with E-state index in [1.165, 1.54) is 4.90 Å². The maximum absolute atomic E-state index is 13.4. The Morgan fingerprint density at radius 3 is 2.31 bits per heavy atom. The summed E-state index contributed by atoms with van der Waals surface area (Å²) in [5.41, 5.74) is 2.61. The molecule has 0 bridgehead atoms. The van der Waals surface area contributed by atoms with Crippen molar-refractivity contribution in [2.45, 2.75) is 53.2 Å². The Morgan fingerprint density at radius 1 is 1.03 bits per heavy atom. The van der Waals surface area contributed by atoms with Gasteiger partial charge in [-0.2, -0.15) is 0 Å². The third kappa shape index (κ3) is 7.11. The first-order valence-electron chi connectivity index (χ1n) is 10.7. The van der Waals surface area contributed by atoms with Crippen LogP contribution in [-0.4, -0.2) is 41.5 Å². The van der Waals surface area contributed by atoms with Crippen LogP contribution in [0.5, 0.6) is 0 Å². The summed E-state index contributed by atoms with van der Waals surface area (Å²) in [5.74, 6) is -0.706. The number of alkyl carbamates (subject to hydrolysis) is 1. The van der Waals surface area contributed by atoms with E-state index in [1.54, 1.807) is 27.7 Å². The number of rotatable bonds is 7. The van der Waals surface area contributed by atoms with E-state index in [0.29, 0.717) is 11.3 Å². The molecule has 2 rings (SSSR count). The fraction of sp³-hybridized carbons (Fsp3) is 0.400. The van der Waals surface area contributed by atoms with Crippen molar-refractivity contribution >= 4 is 23.6 Å². The van der Waals surface area contributed by atoms with E-state index in [0.717, 1.165) is 11.1 Å². The monoisotopic (exact) mass is 439 g/mol. The van der Waals surface area contributed by atoms with Gasteiger partial charge >= 0.3 is 6.09 Å². The van der Waals surface area contributed by atoms with Crippen LogP contribution >= 0.6 is 0 Å². The van der Waals surface area contributed by atoms with Crippen molar-refractivity contribution in [2.24, 2.45) is 0 Å². The Hall–Kier alpha value is -3.35. The molecule has 3 amide bonds. The highest BCUT2D eigenvalue weighted by Gasteiger charge is 2.31. The lowest BCUT2D eigenvalue weighted by Gasteiger charge is -2.31. The molecule has 0 fully saturated rings. The van der Waals surface area contributed by atoms with Crippen molar-refractivity contribution in [1.82, 2.24) is 10.2 Å². The first-order valence-corrected chi connectivity index (χ1v) is 10.7. The largest absolute Gasteiger partial charge is 0.444 e. The molecule has 7 nitrogen and oxygen atoms in total. The molecule has 0 aliphatic carbocycles. The number of carbonyl (C=O) groups excluding carboxylic acids is 3. The minimum Gasteiger partial charge on any atom is -0.444 e. The van der Waals surface area contributed by atoms with Crippen LogP contribution in [0.15, 0.2) is 48.5 Å². The van der Waals surface area contributed by atoms with Gasteiger partial charge in [0.25, 0.3) is 5.91 Å². The molecule has 2 N–H and O–H groups in total. The molecule has 1 unspecified atom stereocenters. The summed E-state index contributed by atoms with van der Waals surface area (Å²) in [5, 5.41) is 5.43. The van der Waals surface area contributed by atoms with Gasteiger partial charge < -0.3 is 20.3 Å². The quantitative estimate of drug-likeness (QED) is 0.671. The molecule has 32 heavy (non-hydrogen) atoms. The molecule has 172 valence electrons. The summed E-state index contributed by atoms with van der Waals surface area (Å²) in [6.07, 6.45) is -0.682. The van der Waals surface area contributed by atoms with Gasteiger partial charge in [0.1, 0.15) is 18.2 Å². The average Bonchev–Trinajstić information content (AvgIpc) is 2.70. The third-order valence-electron chi connectivity index (χ3n) is 4.76. The normalized spacial score (nSPS) is 11.9. The number of nitrogens with zero attached hydrogens (tertiary/aromatic N) is 1. The molecule has 0 heterocycles. The standard InChI is InChI=1S/C25H33N3O4/c1-7-28(21(29)16-26-24(31)32-25(4,5)6)22(19-13-10-11-17(2)15-19)23(30)27-20-14-9-8-12-18(20)3/h8-15,22H,7,16H2,1-6H3,(H,26,31)(H,27,30). The molecule has 0 radical (unpaired) electrons. The zero-order valence-corrected chi connectivity index (χ0v) is 19.7. The SMILES string of the molecule is CCN(C(=O)CNC(=O)OC(C)(C)C)C(C(=O)Nc1ccccc1C)c1cccc(C)c1. The molecule has 0 aliphatic heterocycles. The maximum atomic E-state index is 13.4. The van der Waals surface area contributed by atoms with E-state index >= 15 is 0 Å². The van der Waals surface area contributed by atoms with Crippen molar-refractivity contribution in [3.8, 4) is 0 Å². The summed E-state index contributed by atoms with van der Waals surface area (Å²) in [6, 6.07) is 14.1. The van der Waals surface area contributed by atoms with Crippen LogP contribution in [-0.2, 0) is 14.3 Å². The van der Waals surface area contributed by atoms with Crippen LogP contribution in [0.2, 0.25) is 0 Å². The zero-order valence-electron chi connectivity index (χ0n) is 19.7. The number of carbonyl (C=O) groups is 3. The first kappa shape index (κ1) is 24.9. The maximum Gasteiger partial charge on any atom is 0.408 e. The van der Waals surface area contributed by atoms with Crippen molar-refractivity contribution in [3.05, 3.63) is 65.2 Å². The second-order valence-electron chi connectivity index (χ2n) is 8.66. The third-order valence-corrected chi connectivity index (χ3v) is 4.76. The Bertz CT molecular complexity index is 966. The molecule has 0 aliphatic rings. The zero-order chi connectivity index (χ0) is 23.9. The average molecular weight is 440 g/mol. The number of nitrogens with one attached hydrogen (secondary N) is 2. The van der Waals surface area contributed by atoms with Gasteiger partial charge in [-0.05, 0) is 58.7 Å². The van der Waals surface area contributed by atoms with E-state index < -0.39 is 17.7 Å². The van der Waals surface area contributed by atoms with E-state index in [-0.39, 0.29) is 24.9 Å². The van der Waals surface area contributed by atoms with Gasteiger partial charge in [0.2, 0.25) is 5.91 Å². The van der Waals surface area contributed by atoms with Crippen molar-refractivity contribution < 1.29 is 19.1 Å². The molecule has 0 saturated carbocycles. The van der Waals surface area contributed by atoms with Crippen LogP contribution in [0.3, 0.4) is 0 Å². The lowest BCUT2D eigenvalue weighted by Crippen LogP contribution is -2.46. The highest BCUT2D eigenvalue weighted by molar-refractivity contribution is 5.98. The fourth-order valence-corrected chi connectivity index (χ4v) is 3.29. The number of ether oxygens (including phenoxy) is 1. The molecule has 0 aromatic heterocycles. The predicted octanol–water partition coefficient (Wildman–Crippen LogP) is 4.36. The van der Waals surface area contributed by atoms with Gasteiger partial charge in [-0.15, -0.1) is 0 Å². The molecule has 2 aromatic rings. The lowest BCUT2D eigenvalue weighted by molar-refractivity contribution is -0.138. The molecular formula is C25H33N3O4.